The summed E-state index contributed by atoms with van der Waals surface area (Å²) in [4.78, 5) is 21.9. The molecule has 288 valence electrons. The highest BCUT2D eigenvalue weighted by Crippen LogP contribution is 2.46. The molecule has 1 atom stereocenters. The lowest BCUT2D eigenvalue weighted by Crippen LogP contribution is -2.42. The van der Waals surface area contributed by atoms with Crippen LogP contribution >= 0.6 is 23.2 Å². The van der Waals surface area contributed by atoms with E-state index in [0.717, 1.165) is 89.6 Å². The molecule has 1 aliphatic heterocycles. The smallest absolute Gasteiger partial charge is 0.275 e. The molecule has 0 saturated heterocycles. The van der Waals surface area contributed by atoms with Gasteiger partial charge in [-0.25, -0.2) is 4.98 Å². The Kier molecular flexibility index (Phi) is 9.04. The molecule has 2 aliphatic rings. The van der Waals surface area contributed by atoms with Crippen molar-refractivity contribution in [2.75, 3.05) is 18.1 Å². The van der Waals surface area contributed by atoms with Crippen LogP contribution in [0.15, 0.2) is 55.0 Å². The van der Waals surface area contributed by atoms with Crippen LogP contribution < -0.4 is 9.64 Å². The standard InChI is InChI=1S/C44H46Cl2N8O2/c1-24-17-31(18-25(2)40(24)46)56-16-8-9-32-33-13-14-35(45)39(38-27(4)48-51(7)28(38)5)41(33)54-26(3)20-53(44(55)42(32)54)37-22-50(6)36-15-12-30(19-34(36)37)43-47-23-52(49-43)21-29-10-11-29/h12-15,17-19,22-23,26,29H,8-11,16,20-21H2,1-7H3/t26-/m1/s1. The van der Waals surface area contributed by atoms with Gasteiger partial charge in [0.25, 0.3) is 5.91 Å². The monoisotopic (exact) mass is 788 g/mol. The molecule has 0 N–H and O–H groups in total. The predicted octanol–water partition coefficient (Wildman–Crippen LogP) is 9.98. The number of benzene rings is 3. The zero-order valence-corrected chi connectivity index (χ0v) is 34.5. The number of halogens is 2. The van der Waals surface area contributed by atoms with Gasteiger partial charge in [-0.1, -0.05) is 29.3 Å². The molecule has 1 fully saturated rings. The Morgan fingerprint density at radius 1 is 0.929 bits per heavy atom. The lowest BCUT2D eigenvalue weighted by Gasteiger charge is -2.34. The van der Waals surface area contributed by atoms with Crippen LogP contribution in [0.1, 0.15) is 70.8 Å². The molecule has 1 aliphatic carbocycles. The van der Waals surface area contributed by atoms with Crippen LogP contribution in [-0.2, 0) is 27.1 Å². The fourth-order valence-electron chi connectivity index (χ4n) is 8.74. The molecule has 0 spiro atoms. The lowest BCUT2D eigenvalue weighted by molar-refractivity contribution is 0.0957. The van der Waals surface area contributed by atoms with E-state index in [2.05, 4.69) is 58.4 Å². The molecule has 56 heavy (non-hydrogen) atoms. The summed E-state index contributed by atoms with van der Waals surface area (Å²) < 4.78 is 14.5. The second-order valence-corrected chi connectivity index (χ2v) is 16.6. The van der Waals surface area contributed by atoms with Crippen LogP contribution in [0.3, 0.4) is 0 Å². The van der Waals surface area contributed by atoms with Crippen molar-refractivity contribution >= 4 is 56.6 Å². The topological polar surface area (TPSA) is 87.9 Å². The first-order chi connectivity index (χ1) is 26.9. The Hall–Kier alpha value is -5.06. The molecule has 1 amide bonds. The van der Waals surface area contributed by atoms with Crippen LogP contribution in [0.2, 0.25) is 10.0 Å². The van der Waals surface area contributed by atoms with Crippen LogP contribution in [0.4, 0.5) is 5.69 Å². The first kappa shape index (κ1) is 36.6. The number of carbonyl (C=O) groups excluding carboxylic acids is 1. The van der Waals surface area contributed by atoms with Crippen molar-refractivity contribution in [3.05, 3.63) is 98.8 Å². The summed E-state index contributed by atoms with van der Waals surface area (Å²) in [6.45, 7) is 12.1. The number of amides is 1. The Morgan fingerprint density at radius 2 is 1.70 bits per heavy atom. The number of nitrogens with zero attached hydrogens (tertiary/aromatic N) is 8. The Balaban J connectivity index is 1.14. The number of rotatable bonds is 10. The summed E-state index contributed by atoms with van der Waals surface area (Å²) in [5.41, 5.74) is 11.3. The first-order valence-corrected chi connectivity index (χ1v) is 20.2. The minimum Gasteiger partial charge on any atom is -0.494 e. The summed E-state index contributed by atoms with van der Waals surface area (Å²) in [7, 11) is 3.99. The van der Waals surface area contributed by atoms with Crippen molar-refractivity contribution in [1.29, 1.82) is 0 Å². The quantitative estimate of drug-likeness (QED) is 0.129. The van der Waals surface area contributed by atoms with Gasteiger partial charge in [-0.2, -0.15) is 10.2 Å². The molecule has 12 heteroatoms. The summed E-state index contributed by atoms with van der Waals surface area (Å²) in [6.07, 6.45) is 7.76. The number of ether oxygens (including phenoxy) is 1. The van der Waals surface area contributed by atoms with Gasteiger partial charge in [0.1, 0.15) is 17.8 Å². The Bertz CT molecular complexity index is 2690. The van der Waals surface area contributed by atoms with Gasteiger partial charge in [-0.05, 0) is 119 Å². The molecule has 9 rings (SSSR count). The van der Waals surface area contributed by atoms with Crippen molar-refractivity contribution in [2.45, 2.75) is 72.9 Å². The molecule has 0 bridgehead atoms. The van der Waals surface area contributed by atoms with Gasteiger partial charge in [-0.3, -0.25) is 14.2 Å². The van der Waals surface area contributed by atoms with E-state index in [4.69, 9.17) is 38.1 Å². The van der Waals surface area contributed by atoms with E-state index in [9.17, 15) is 0 Å². The number of fused-ring (bicyclic) bond motifs is 4. The van der Waals surface area contributed by atoms with Gasteiger partial charge >= 0.3 is 0 Å². The lowest BCUT2D eigenvalue weighted by atomic mass is 9.98. The highest BCUT2D eigenvalue weighted by Gasteiger charge is 2.38. The van der Waals surface area contributed by atoms with E-state index in [1.54, 1.807) is 0 Å². The van der Waals surface area contributed by atoms with Gasteiger partial charge in [0.15, 0.2) is 5.82 Å². The summed E-state index contributed by atoms with van der Waals surface area (Å²) >= 11 is 13.6. The number of hydrogen-bond donors (Lipinski definition) is 0. The molecule has 0 radical (unpaired) electrons. The predicted molar refractivity (Wildman–Crippen MR) is 224 cm³/mol. The highest BCUT2D eigenvalue weighted by atomic mass is 35.5. The summed E-state index contributed by atoms with van der Waals surface area (Å²) in [5, 5.41) is 13.0. The minimum atomic E-state index is -0.0667. The fourth-order valence-corrected chi connectivity index (χ4v) is 9.10. The van der Waals surface area contributed by atoms with E-state index in [1.807, 2.05) is 73.7 Å². The van der Waals surface area contributed by atoms with Crippen molar-refractivity contribution in [3.63, 3.8) is 0 Å². The number of hydrogen-bond acceptors (Lipinski definition) is 5. The third-order valence-electron chi connectivity index (χ3n) is 11.8. The third kappa shape index (κ3) is 6.09. The average molecular weight is 790 g/mol. The fraction of sp³-hybridized carbons (Fsp3) is 0.364. The largest absolute Gasteiger partial charge is 0.494 e. The number of anilines is 1. The first-order valence-electron chi connectivity index (χ1n) is 19.5. The summed E-state index contributed by atoms with van der Waals surface area (Å²) in [6, 6.07) is 14.2. The zero-order chi connectivity index (χ0) is 39.2. The van der Waals surface area contributed by atoms with Gasteiger partial charge in [0.05, 0.1) is 28.5 Å². The van der Waals surface area contributed by atoms with E-state index >= 15 is 4.79 Å². The van der Waals surface area contributed by atoms with E-state index in [-0.39, 0.29) is 11.9 Å². The molecule has 0 unspecified atom stereocenters. The average Bonchev–Trinajstić information content (AvgIpc) is 3.47. The maximum Gasteiger partial charge on any atom is 0.275 e. The Labute approximate surface area is 336 Å². The maximum absolute atomic E-state index is 15.3. The zero-order valence-electron chi connectivity index (χ0n) is 33.0. The van der Waals surface area contributed by atoms with Gasteiger partial charge in [0, 0.05) is 83.1 Å². The number of carbonyl (C=O) groups is 1. The minimum absolute atomic E-state index is 0.0365. The summed E-state index contributed by atoms with van der Waals surface area (Å²) in [5.74, 6) is 2.15. The molecular weight excluding hydrogens is 743 g/mol. The number of aryl methyl sites for hydroxylation is 6. The van der Waals surface area contributed by atoms with Crippen LogP contribution in [0.25, 0.3) is 44.3 Å². The van der Waals surface area contributed by atoms with Gasteiger partial charge < -0.3 is 18.8 Å². The number of aromatic nitrogens is 7. The Morgan fingerprint density at radius 3 is 2.41 bits per heavy atom. The van der Waals surface area contributed by atoms with E-state index in [1.165, 1.54) is 12.8 Å². The molecule has 1 saturated carbocycles. The molecule has 5 heterocycles. The SMILES string of the molecule is Cc1cc(OCCCc2c3n(c4c(-c5c(C)nn(C)c5C)c(Cl)ccc24)[C@H](C)CN(c2cn(C)c4ccc(-c5ncn(CC6CC6)n5)cc24)C3=O)cc(C)c1Cl. The van der Waals surface area contributed by atoms with Crippen molar-refractivity contribution in [3.8, 4) is 28.3 Å². The molecule has 10 nitrogen and oxygen atoms in total. The highest BCUT2D eigenvalue weighted by molar-refractivity contribution is 6.35. The van der Waals surface area contributed by atoms with Crippen molar-refractivity contribution < 1.29 is 9.53 Å². The maximum atomic E-state index is 15.3. The van der Waals surface area contributed by atoms with Gasteiger partial charge in [-0.15, -0.1) is 0 Å². The van der Waals surface area contributed by atoms with Crippen LogP contribution in [0, 0.1) is 33.6 Å². The van der Waals surface area contributed by atoms with E-state index in [0.29, 0.717) is 48.5 Å². The molecule has 3 aromatic carbocycles. The normalized spacial score (nSPS) is 15.8. The van der Waals surface area contributed by atoms with Gasteiger partial charge in [0.2, 0.25) is 0 Å². The molecular formula is C44H46Cl2N8O2. The second-order valence-electron chi connectivity index (χ2n) is 15.9. The second kappa shape index (κ2) is 13.8. The van der Waals surface area contributed by atoms with Crippen LogP contribution in [-0.4, -0.2) is 52.7 Å². The van der Waals surface area contributed by atoms with Crippen molar-refractivity contribution in [2.24, 2.45) is 20.0 Å². The van der Waals surface area contributed by atoms with Crippen LogP contribution in [0.5, 0.6) is 5.75 Å². The van der Waals surface area contributed by atoms with Crippen molar-refractivity contribution in [1.82, 2.24) is 33.7 Å². The van der Waals surface area contributed by atoms with E-state index < -0.39 is 0 Å². The molecule has 4 aromatic heterocycles. The third-order valence-corrected chi connectivity index (χ3v) is 12.7. The molecule has 7 aromatic rings.